The summed E-state index contributed by atoms with van der Waals surface area (Å²) in [6, 6.07) is 1.96. The number of likely N-dealkylation sites (N-methyl/N-ethyl adjacent to an activating group) is 1. The molecule has 0 spiro atoms. The van der Waals surface area contributed by atoms with Crippen LogP contribution in [-0.4, -0.2) is 76.6 Å². The van der Waals surface area contributed by atoms with E-state index in [2.05, 4.69) is 27.9 Å². The molecule has 1 unspecified atom stereocenters. The molecule has 0 aliphatic carbocycles. The van der Waals surface area contributed by atoms with Gasteiger partial charge in [-0.2, -0.15) is 9.61 Å². The summed E-state index contributed by atoms with van der Waals surface area (Å²) in [6.45, 7) is 5.05. The molecule has 5 rings (SSSR count). The number of rotatable bonds is 2. The van der Waals surface area contributed by atoms with Gasteiger partial charge in [-0.1, -0.05) is 0 Å². The van der Waals surface area contributed by atoms with Crippen LogP contribution >= 0.6 is 0 Å². The van der Waals surface area contributed by atoms with Crippen molar-refractivity contribution in [3.8, 4) is 12.3 Å². The third-order valence-corrected chi connectivity index (χ3v) is 6.43. The number of carbonyl (C=O) groups excluding carboxylic acids is 1. The summed E-state index contributed by atoms with van der Waals surface area (Å²) in [7, 11) is 2.16. The van der Waals surface area contributed by atoms with E-state index in [0.29, 0.717) is 6.54 Å². The quantitative estimate of drug-likeness (QED) is 0.720. The monoisotopic (exact) mass is 378 g/mol. The number of amides is 1. The zero-order chi connectivity index (χ0) is 19.3. The van der Waals surface area contributed by atoms with Crippen LogP contribution in [0.2, 0.25) is 0 Å². The number of fused-ring (bicyclic) bond motifs is 2. The lowest BCUT2D eigenvalue weighted by Gasteiger charge is -2.42. The first-order valence-electron chi connectivity index (χ1n) is 10.2. The highest BCUT2D eigenvalue weighted by Crippen LogP contribution is 2.33. The highest BCUT2D eigenvalue weighted by atomic mass is 16.2. The average Bonchev–Trinajstić information content (AvgIpc) is 3.28. The lowest BCUT2D eigenvalue weighted by Crippen LogP contribution is -2.55. The number of anilines is 1. The molecule has 2 aromatic rings. The van der Waals surface area contributed by atoms with Crippen molar-refractivity contribution < 1.29 is 4.79 Å². The summed E-state index contributed by atoms with van der Waals surface area (Å²) >= 11 is 0. The Morgan fingerprint density at radius 3 is 2.82 bits per heavy atom. The van der Waals surface area contributed by atoms with Crippen LogP contribution in [0.1, 0.15) is 17.7 Å². The molecule has 1 atom stereocenters. The molecule has 5 heterocycles. The van der Waals surface area contributed by atoms with Crippen LogP contribution < -0.4 is 4.90 Å². The standard InChI is InChI=1S/C21H26N6O/c1-3-15-5-11-25(12-15)21(28)16-13-26(14-16)20-17-6-9-24(2)10-7-18(17)23-19-4-8-22-27(19)20/h1,4,8,15-16H,5-7,9-14H2,2H3. The minimum absolute atomic E-state index is 0.0550. The predicted molar refractivity (Wildman–Crippen MR) is 107 cm³/mol. The number of nitrogens with zero attached hydrogens (tertiary/aromatic N) is 6. The molecule has 0 radical (unpaired) electrons. The van der Waals surface area contributed by atoms with E-state index in [0.717, 1.165) is 63.5 Å². The largest absolute Gasteiger partial charge is 0.354 e. The summed E-state index contributed by atoms with van der Waals surface area (Å²) in [5.41, 5.74) is 3.36. The van der Waals surface area contributed by atoms with E-state index in [1.54, 1.807) is 0 Å². The Balaban J connectivity index is 1.38. The second-order valence-corrected chi connectivity index (χ2v) is 8.30. The van der Waals surface area contributed by atoms with E-state index in [1.165, 1.54) is 11.3 Å². The van der Waals surface area contributed by atoms with Crippen LogP contribution in [0, 0.1) is 24.2 Å². The molecular formula is C21H26N6O. The third-order valence-electron chi connectivity index (χ3n) is 6.43. The maximum atomic E-state index is 12.9. The topological polar surface area (TPSA) is 57.0 Å². The Hall–Kier alpha value is -2.59. The molecule has 0 bridgehead atoms. The van der Waals surface area contributed by atoms with Crippen molar-refractivity contribution in [1.29, 1.82) is 0 Å². The fourth-order valence-electron chi connectivity index (χ4n) is 4.67. The van der Waals surface area contributed by atoms with Crippen molar-refractivity contribution in [1.82, 2.24) is 24.4 Å². The average molecular weight is 378 g/mol. The second-order valence-electron chi connectivity index (χ2n) is 8.30. The smallest absolute Gasteiger partial charge is 0.229 e. The lowest BCUT2D eigenvalue weighted by molar-refractivity contribution is -0.135. The molecule has 3 aliphatic heterocycles. The number of terminal acetylenes is 1. The number of hydrogen-bond acceptors (Lipinski definition) is 5. The SMILES string of the molecule is C#CC1CCN(C(=O)C2CN(c3c4c(nc5ccnn35)CCN(C)CC4)C2)C1. The first kappa shape index (κ1) is 17.5. The number of likely N-dealkylation sites (tertiary alicyclic amines) is 1. The molecule has 2 fully saturated rings. The van der Waals surface area contributed by atoms with Gasteiger partial charge >= 0.3 is 0 Å². The van der Waals surface area contributed by atoms with E-state index < -0.39 is 0 Å². The zero-order valence-electron chi connectivity index (χ0n) is 16.3. The van der Waals surface area contributed by atoms with Gasteiger partial charge in [0, 0.05) is 63.2 Å². The second kappa shape index (κ2) is 6.78. The summed E-state index contributed by atoms with van der Waals surface area (Å²) < 4.78 is 1.95. The fourth-order valence-corrected chi connectivity index (χ4v) is 4.67. The molecule has 7 heteroatoms. The Kier molecular flexibility index (Phi) is 4.24. The lowest BCUT2D eigenvalue weighted by atomic mass is 9.96. The molecule has 2 saturated heterocycles. The molecule has 0 N–H and O–H groups in total. The van der Waals surface area contributed by atoms with Crippen LogP contribution in [0.25, 0.3) is 5.65 Å². The zero-order valence-corrected chi connectivity index (χ0v) is 16.3. The van der Waals surface area contributed by atoms with E-state index in [1.807, 2.05) is 21.7 Å². The normalized spacial score (nSPS) is 23.4. The van der Waals surface area contributed by atoms with Gasteiger partial charge in [0.05, 0.1) is 17.8 Å². The van der Waals surface area contributed by atoms with Crippen molar-refractivity contribution in [2.24, 2.45) is 11.8 Å². The Morgan fingerprint density at radius 1 is 1.21 bits per heavy atom. The molecule has 0 aromatic carbocycles. The van der Waals surface area contributed by atoms with Gasteiger partial charge in [0.2, 0.25) is 5.91 Å². The number of hydrogen-bond donors (Lipinski definition) is 0. The molecule has 146 valence electrons. The van der Waals surface area contributed by atoms with Gasteiger partial charge in [-0.25, -0.2) is 4.98 Å². The van der Waals surface area contributed by atoms with Crippen molar-refractivity contribution in [3.05, 3.63) is 23.5 Å². The van der Waals surface area contributed by atoms with E-state index in [9.17, 15) is 4.79 Å². The van der Waals surface area contributed by atoms with Crippen LogP contribution in [0.3, 0.4) is 0 Å². The number of carbonyl (C=O) groups is 1. The molecule has 7 nitrogen and oxygen atoms in total. The first-order chi connectivity index (χ1) is 13.6. The van der Waals surface area contributed by atoms with Gasteiger partial charge in [0.1, 0.15) is 5.82 Å². The van der Waals surface area contributed by atoms with Gasteiger partial charge < -0.3 is 14.7 Å². The third kappa shape index (κ3) is 2.83. The summed E-state index contributed by atoms with van der Waals surface area (Å²) in [5, 5.41) is 4.53. The fraction of sp³-hybridized carbons (Fsp3) is 0.571. The summed E-state index contributed by atoms with van der Waals surface area (Å²) in [4.78, 5) is 24.3. The van der Waals surface area contributed by atoms with Gasteiger partial charge in [0.15, 0.2) is 5.65 Å². The molecule has 28 heavy (non-hydrogen) atoms. The van der Waals surface area contributed by atoms with Crippen LogP contribution in [-0.2, 0) is 17.6 Å². The molecule has 3 aliphatic rings. The van der Waals surface area contributed by atoms with Crippen molar-refractivity contribution >= 4 is 17.4 Å². The molecule has 1 amide bonds. The van der Waals surface area contributed by atoms with Crippen LogP contribution in [0.4, 0.5) is 5.82 Å². The van der Waals surface area contributed by atoms with E-state index >= 15 is 0 Å². The van der Waals surface area contributed by atoms with E-state index in [4.69, 9.17) is 11.4 Å². The van der Waals surface area contributed by atoms with Crippen molar-refractivity contribution in [2.75, 3.05) is 51.2 Å². The van der Waals surface area contributed by atoms with Crippen molar-refractivity contribution in [2.45, 2.75) is 19.3 Å². The Bertz CT molecular complexity index is 954. The summed E-state index contributed by atoms with van der Waals surface area (Å²) in [6.07, 6.45) is 10.2. The summed E-state index contributed by atoms with van der Waals surface area (Å²) in [5.74, 6) is 4.45. The molecular weight excluding hydrogens is 352 g/mol. The maximum absolute atomic E-state index is 12.9. The highest BCUT2D eigenvalue weighted by Gasteiger charge is 2.39. The maximum Gasteiger partial charge on any atom is 0.229 e. The van der Waals surface area contributed by atoms with Gasteiger partial charge in [-0.05, 0) is 19.9 Å². The van der Waals surface area contributed by atoms with Crippen molar-refractivity contribution in [3.63, 3.8) is 0 Å². The number of aromatic nitrogens is 3. The predicted octanol–water partition coefficient (Wildman–Crippen LogP) is 0.678. The minimum Gasteiger partial charge on any atom is -0.354 e. The molecule has 2 aromatic heterocycles. The highest BCUT2D eigenvalue weighted by molar-refractivity contribution is 5.82. The van der Waals surface area contributed by atoms with Crippen LogP contribution in [0.15, 0.2) is 12.3 Å². The van der Waals surface area contributed by atoms with E-state index in [-0.39, 0.29) is 17.7 Å². The van der Waals surface area contributed by atoms with Gasteiger partial charge in [0.25, 0.3) is 0 Å². The molecule has 0 saturated carbocycles. The first-order valence-corrected chi connectivity index (χ1v) is 10.2. The van der Waals surface area contributed by atoms with Gasteiger partial charge in [-0.15, -0.1) is 12.3 Å². The minimum atomic E-state index is 0.0550. The Labute approximate surface area is 165 Å². The van der Waals surface area contributed by atoms with Crippen LogP contribution in [0.5, 0.6) is 0 Å². The van der Waals surface area contributed by atoms with Gasteiger partial charge in [-0.3, -0.25) is 4.79 Å². The Morgan fingerprint density at radius 2 is 2.04 bits per heavy atom.